The quantitative estimate of drug-likeness (QED) is 0.240. The van der Waals surface area contributed by atoms with Gasteiger partial charge in [-0.25, -0.2) is 0 Å². The van der Waals surface area contributed by atoms with E-state index in [4.69, 9.17) is 0 Å². The van der Waals surface area contributed by atoms with Crippen molar-refractivity contribution in [2.24, 2.45) is 0 Å². The minimum atomic E-state index is -1.53. The van der Waals surface area contributed by atoms with Gasteiger partial charge >= 0.3 is 0 Å². The highest BCUT2D eigenvalue weighted by atomic mass is 79.9. The first-order chi connectivity index (χ1) is 13.9. The lowest BCUT2D eigenvalue weighted by Gasteiger charge is -2.14. The SMILES string of the molecule is Cc1cc(C#C[Si](C)(C)C)c(C#C[Si](C)(C)C)c(-c2cccc3cccc(Br)c23)c1. The van der Waals surface area contributed by atoms with Gasteiger partial charge in [0.2, 0.25) is 0 Å². The molecule has 0 N–H and O–H groups in total. The smallest absolute Gasteiger partial charge is 0.127 e. The summed E-state index contributed by atoms with van der Waals surface area (Å²) < 4.78 is 1.11. The average Bonchev–Trinajstić information content (AvgIpc) is 2.63. The lowest BCUT2D eigenvalue weighted by atomic mass is 9.91. The van der Waals surface area contributed by atoms with Crippen molar-refractivity contribution in [1.29, 1.82) is 0 Å². The average molecular weight is 490 g/mol. The summed E-state index contributed by atoms with van der Waals surface area (Å²) in [6.45, 7) is 15.9. The molecule has 152 valence electrons. The van der Waals surface area contributed by atoms with Crippen molar-refractivity contribution in [1.82, 2.24) is 0 Å². The van der Waals surface area contributed by atoms with Gasteiger partial charge in [0, 0.05) is 21.0 Å². The minimum absolute atomic E-state index is 1.06. The summed E-state index contributed by atoms with van der Waals surface area (Å²) in [5, 5.41) is 2.45. The third-order valence-electron chi connectivity index (χ3n) is 4.56. The second-order valence-corrected chi connectivity index (χ2v) is 20.2. The first-order valence-corrected chi connectivity index (χ1v) is 18.1. The molecule has 3 rings (SSSR count). The lowest BCUT2D eigenvalue weighted by molar-refractivity contribution is 1.43. The Morgan fingerprint density at radius 3 is 1.97 bits per heavy atom. The Morgan fingerprint density at radius 1 is 0.733 bits per heavy atom. The molecule has 0 aliphatic carbocycles. The van der Waals surface area contributed by atoms with Gasteiger partial charge in [-0.1, -0.05) is 103 Å². The topological polar surface area (TPSA) is 0 Å². The van der Waals surface area contributed by atoms with Crippen LogP contribution in [0.2, 0.25) is 39.3 Å². The van der Waals surface area contributed by atoms with E-state index >= 15 is 0 Å². The summed E-state index contributed by atoms with van der Waals surface area (Å²) >= 11 is 3.78. The van der Waals surface area contributed by atoms with Gasteiger partial charge in [-0.2, -0.15) is 0 Å². The molecule has 0 aliphatic heterocycles. The molecule has 0 radical (unpaired) electrons. The maximum absolute atomic E-state index is 3.78. The van der Waals surface area contributed by atoms with Crippen LogP contribution in [0.15, 0.2) is 53.0 Å². The number of fused-ring (bicyclic) bond motifs is 1. The maximum atomic E-state index is 3.78. The third kappa shape index (κ3) is 5.55. The Hall–Kier alpha value is -2.05. The van der Waals surface area contributed by atoms with Crippen molar-refractivity contribution in [3.63, 3.8) is 0 Å². The highest BCUT2D eigenvalue weighted by molar-refractivity contribution is 9.10. The normalized spacial score (nSPS) is 11.5. The van der Waals surface area contributed by atoms with Crippen molar-refractivity contribution in [2.75, 3.05) is 0 Å². The van der Waals surface area contributed by atoms with Crippen molar-refractivity contribution >= 4 is 42.9 Å². The summed E-state index contributed by atoms with van der Waals surface area (Å²) in [7, 11) is -3.03. The molecule has 3 heteroatoms. The zero-order valence-electron chi connectivity index (χ0n) is 19.0. The molecule has 0 amide bonds. The monoisotopic (exact) mass is 488 g/mol. The van der Waals surface area contributed by atoms with E-state index in [0.29, 0.717) is 0 Å². The number of aryl methyl sites for hydroxylation is 1. The van der Waals surface area contributed by atoms with Crippen LogP contribution in [0.5, 0.6) is 0 Å². The fourth-order valence-electron chi connectivity index (χ4n) is 3.26. The van der Waals surface area contributed by atoms with Crippen LogP contribution < -0.4 is 0 Å². The molecular formula is C27H29BrSi2. The summed E-state index contributed by atoms with van der Waals surface area (Å²) in [4.78, 5) is 0. The van der Waals surface area contributed by atoms with Crippen LogP contribution in [0.4, 0.5) is 0 Å². The standard InChI is InChI=1S/C27H29BrSi2/c1-20-18-22(14-16-29(2,3)4)23(15-17-30(5,6)7)25(19-20)24-12-8-10-21-11-9-13-26(28)27(21)24/h8-13,18-19H,1-7H3. The fraction of sp³-hybridized carbons (Fsp3) is 0.259. The van der Waals surface area contributed by atoms with Crippen LogP contribution in [0.25, 0.3) is 21.9 Å². The molecule has 0 saturated carbocycles. The molecule has 0 heterocycles. The van der Waals surface area contributed by atoms with Crippen LogP contribution >= 0.6 is 15.9 Å². The highest BCUT2D eigenvalue weighted by Crippen LogP contribution is 2.37. The molecule has 30 heavy (non-hydrogen) atoms. The maximum Gasteiger partial charge on any atom is 0.129 e. The number of rotatable bonds is 1. The second kappa shape index (κ2) is 8.60. The number of halogens is 1. The molecule has 3 aromatic carbocycles. The van der Waals surface area contributed by atoms with Crippen molar-refractivity contribution in [3.05, 3.63) is 69.7 Å². The second-order valence-electron chi connectivity index (χ2n) is 9.88. The Morgan fingerprint density at radius 2 is 1.33 bits per heavy atom. The van der Waals surface area contributed by atoms with E-state index in [2.05, 4.69) is 134 Å². The zero-order chi connectivity index (χ0) is 22.1. The largest absolute Gasteiger partial charge is 0.129 e. The van der Waals surface area contributed by atoms with E-state index in [1.165, 1.54) is 27.5 Å². The summed E-state index contributed by atoms with van der Waals surface area (Å²) in [5.74, 6) is 7.09. The predicted molar refractivity (Wildman–Crippen MR) is 142 cm³/mol. The van der Waals surface area contributed by atoms with Gasteiger partial charge in [0.25, 0.3) is 0 Å². The molecule has 0 spiro atoms. The van der Waals surface area contributed by atoms with Gasteiger partial charge in [0.05, 0.1) is 0 Å². The molecule has 3 aromatic rings. The molecule has 0 saturated heterocycles. The van der Waals surface area contributed by atoms with Gasteiger partial charge in [0.15, 0.2) is 0 Å². The summed E-state index contributed by atoms with van der Waals surface area (Å²) in [6.07, 6.45) is 0. The van der Waals surface area contributed by atoms with E-state index in [9.17, 15) is 0 Å². The van der Waals surface area contributed by atoms with Crippen molar-refractivity contribution in [3.8, 4) is 34.1 Å². The van der Waals surface area contributed by atoms with Crippen LogP contribution in [0.3, 0.4) is 0 Å². The molecule has 0 fully saturated rings. The van der Waals surface area contributed by atoms with Crippen LogP contribution in [-0.4, -0.2) is 16.1 Å². The Kier molecular flexibility index (Phi) is 6.49. The summed E-state index contributed by atoms with van der Waals surface area (Å²) in [5.41, 5.74) is 12.9. The zero-order valence-corrected chi connectivity index (χ0v) is 22.6. The Bertz CT molecular complexity index is 1230. The number of hydrogen-bond donors (Lipinski definition) is 0. The number of hydrogen-bond acceptors (Lipinski definition) is 0. The number of benzene rings is 3. The van der Waals surface area contributed by atoms with E-state index in [-0.39, 0.29) is 0 Å². The van der Waals surface area contributed by atoms with E-state index in [0.717, 1.165) is 15.6 Å². The van der Waals surface area contributed by atoms with Gasteiger partial charge in [0.1, 0.15) is 16.1 Å². The van der Waals surface area contributed by atoms with Crippen LogP contribution in [0, 0.1) is 29.9 Å². The minimum Gasteiger partial charge on any atom is -0.127 e. The van der Waals surface area contributed by atoms with E-state index in [1.54, 1.807) is 0 Å². The van der Waals surface area contributed by atoms with Gasteiger partial charge in [-0.05, 0) is 41.1 Å². The first-order valence-electron chi connectivity index (χ1n) is 10.3. The predicted octanol–water partition coefficient (Wildman–Crippen LogP) is 8.04. The first kappa shape index (κ1) is 22.6. The molecule has 0 aliphatic rings. The van der Waals surface area contributed by atoms with Crippen molar-refractivity contribution in [2.45, 2.75) is 46.2 Å². The fourth-order valence-corrected chi connectivity index (χ4v) is 4.86. The molecule has 0 nitrogen and oxygen atoms in total. The van der Waals surface area contributed by atoms with E-state index in [1.807, 2.05) is 0 Å². The third-order valence-corrected chi connectivity index (χ3v) is 6.97. The van der Waals surface area contributed by atoms with Crippen LogP contribution in [0.1, 0.15) is 16.7 Å². The molecule has 0 bridgehead atoms. The van der Waals surface area contributed by atoms with E-state index < -0.39 is 16.1 Å². The Labute approximate surface area is 192 Å². The van der Waals surface area contributed by atoms with Crippen LogP contribution in [-0.2, 0) is 0 Å². The Balaban J connectivity index is 2.41. The lowest BCUT2D eigenvalue weighted by Crippen LogP contribution is -2.17. The summed E-state index contributed by atoms with van der Waals surface area (Å²) in [6, 6.07) is 17.3. The van der Waals surface area contributed by atoms with Gasteiger partial charge in [-0.3, -0.25) is 0 Å². The van der Waals surface area contributed by atoms with Gasteiger partial charge in [-0.15, -0.1) is 11.1 Å². The molecular weight excluding hydrogens is 460 g/mol. The molecule has 0 atom stereocenters. The van der Waals surface area contributed by atoms with Crippen molar-refractivity contribution < 1.29 is 0 Å². The molecule has 0 unspecified atom stereocenters. The molecule has 0 aromatic heterocycles. The highest BCUT2D eigenvalue weighted by Gasteiger charge is 2.16. The van der Waals surface area contributed by atoms with Gasteiger partial charge < -0.3 is 0 Å².